The molecule has 1 aliphatic carbocycles. The van der Waals surface area contributed by atoms with Gasteiger partial charge in [0.25, 0.3) is 0 Å². The standard InChI is InChI=1S/C12H26N2/c1-4-14(9-11(2)3)10-12(13)7-5-6-8-12/h11H,4-10,13H2,1-3H3. The van der Waals surface area contributed by atoms with Crippen molar-refractivity contribution in [3.63, 3.8) is 0 Å². The quantitative estimate of drug-likeness (QED) is 0.734. The van der Waals surface area contributed by atoms with Crippen molar-refractivity contribution in [3.8, 4) is 0 Å². The lowest BCUT2D eigenvalue weighted by molar-refractivity contribution is 0.198. The predicted molar refractivity (Wildman–Crippen MR) is 62.3 cm³/mol. The Kier molecular flexibility index (Phi) is 4.39. The predicted octanol–water partition coefficient (Wildman–Crippen LogP) is 2.24. The molecular weight excluding hydrogens is 172 g/mol. The van der Waals surface area contributed by atoms with E-state index in [1.807, 2.05) is 0 Å². The number of nitrogens with zero attached hydrogens (tertiary/aromatic N) is 1. The van der Waals surface area contributed by atoms with Crippen LogP contribution in [-0.4, -0.2) is 30.1 Å². The average molecular weight is 198 g/mol. The first-order valence-electron chi connectivity index (χ1n) is 6.07. The van der Waals surface area contributed by atoms with Crippen LogP contribution in [0.2, 0.25) is 0 Å². The fourth-order valence-corrected chi connectivity index (χ4v) is 2.50. The molecule has 0 radical (unpaired) electrons. The molecule has 1 saturated carbocycles. The molecule has 14 heavy (non-hydrogen) atoms. The molecule has 0 aromatic rings. The monoisotopic (exact) mass is 198 g/mol. The summed E-state index contributed by atoms with van der Waals surface area (Å²) in [6, 6.07) is 0. The van der Waals surface area contributed by atoms with E-state index in [-0.39, 0.29) is 5.54 Å². The summed E-state index contributed by atoms with van der Waals surface area (Å²) in [4.78, 5) is 2.51. The van der Waals surface area contributed by atoms with Gasteiger partial charge >= 0.3 is 0 Å². The summed E-state index contributed by atoms with van der Waals surface area (Å²) in [6.07, 6.45) is 5.11. The zero-order valence-electron chi connectivity index (χ0n) is 10.1. The van der Waals surface area contributed by atoms with Crippen molar-refractivity contribution >= 4 is 0 Å². The molecule has 0 spiro atoms. The van der Waals surface area contributed by atoms with Crippen LogP contribution in [0.5, 0.6) is 0 Å². The van der Waals surface area contributed by atoms with Gasteiger partial charge in [0.15, 0.2) is 0 Å². The fraction of sp³-hybridized carbons (Fsp3) is 1.00. The minimum atomic E-state index is 0.130. The van der Waals surface area contributed by atoms with E-state index in [4.69, 9.17) is 5.73 Å². The number of nitrogens with two attached hydrogens (primary N) is 1. The number of hydrogen-bond acceptors (Lipinski definition) is 2. The Balaban J connectivity index is 2.38. The summed E-state index contributed by atoms with van der Waals surface area (Å²) in [5.41, 5.74) is 6.50. The molecule has 2 heteroatoms. The maximum atomic E-state index is 6.37. The molecule has 0 aromatic carbocycles. The highest BCUT2D eigenvalue weighted by atomic mass is 15.1. The van der Waals surface area contributed by atoms with Gasteiger partial charge in [0, 0.05) is 18.6 Å². The molecular formula is C12H26N2. The van der Waals surface area contributed by atoms with Gasteiger partial charge in [0.2, 0.25) is 0 Å². The summed E-state index contributed by atoms with van der Waals surface area (Å²) in [5, 5.41) is 0. The van der Waals surface area contributed by atoms with Gasteiger partial charge in [-0.2, -0.15) is 0 Å². The van der Waals surface area contributed by atoms with Gasteiger partial charge in [-0.25, -0.2) is 0 Å². The van der Waals surface area contributed by atoms with E-state index in [2.05, 4.69) is 25.7 Å². The number of rotatable bonds is 5. The van der Waals surface area contributed by atoms with Crippen LogP contribution < -0.4 is 5.73 Å². The Bertz CT molecular complexity index is 160. The smallest absolute Gasteiger partial charge is 0.0283 e. The third kappa shape index (κ3) is 3.58. The summed E-state index contributed by atoms with van der Waals surface area (Å²) in [6.45, 7) is 10.2. The second kappa shape index (κ2) is 5.13. The van der Waals surface area contributed by atoms with E-state index in [9.17, 15) is 0 Å². The molecule has 0 unspecified atom stereocenters. The molecule has 0 amide bonds. The van der Waals surface area contributed by atoms with Crippen LogP contribution in [0.1, 0.15) is 46.5 Å². The van der Waals surface area contributed by atoms with E-state index < -0.39 is 0 Å². The van der Waals surface area contributed by atoms with Gasteiger partial charge in [-0.15, -0.1) is 0 Å². The Morgan fingerprint density at radius 3 is 2.29 bits per heavy atom. The van der Waals surface area contributed by atoms with Crippen molar-refractivity contribution in [1.29, 1.82) is 0 Å². The summed E-state index contributed by atoms with van der Waals surface area (Å²) in [5.74, 6) is 0.750. The lowest BCUT2D eigenvalue weighted by Crippen LogP contribution is -2.48. The Morgan fingerprint density at radius 2 is 1.86 bits per heavy atom. The van der Waals surface area contributed by atoms with Gasteiger partial charge in [-0.3, -0.25) is 0 Å². The molecule has 1 aliphatic rings. The van der Waals surface area contributed by atoms with Crippen LogP contribution >= 0.6 is 0 Å². The Hall–Kier alpha value is -0.0800. The van der Waals surface area contributed by atoms with Gasteiger partial charge in [0.1, 0.15) is 0 Å². The molecule has 0 heterocycles. The largest absolute Gasteiger partial charge is 0.324 e. The van der Waals surface area contributed by atoms with Crippen molar-refractivity contribution in [2.24, 2.45) is 11.7 Å². The van der Waals surface area contributed by atoms with Gasteiger partial charge in [-0.1, -0.05) is 33.6 Å². The lowest BCUT2D eigenvalue weighted by atomic mass is 9.98. The van der Waals surface area contributed by atoms with Crippen molar-refractivity contribution in [1.82, 2.24) is 4.90 Å². The van der Waals surface area contributed by atoms with Crippen LogP contribution in [0.3, 0.4) is 0 Å². The third-order valence-electron chi connectivity index (χ3n) is 3.21. The number of hydrogen-bond donors (Lipinski definition) is 1. The van der Waals surface area contributed by atoms with E-state index in [1.54, 1.807) is 0 Å². The van der Waals surface area contributed by atoms with E-state index in [0.29, 0.717) is 0 Å². The Labute approximate surface area is 88.8 Å². The molecule has 1 rings (SSSR count). The van der Waals surface area contributed by atoms with E-state index >= 15 is 0 Å². The van der Waals surface area contributed by atoms with Crippen molar-refractivity contribution in [2.75, 3.05) is 19.6 Å². The van der Waals surface area contributed by atoms with E-state index in [1.165, 1.54) is 32.2 Å². The highest BCUT2D eigenvalue weighted by Gasteiger charge is 2.30. The van der Waals surface area contributed by atoms with Crippen LogP contribution in [0.25, 0.3) is 0 Å². The number of likely N-dealkylation sites (N-methyl/N-ethyl adjacent to an activating group) is 1. The van der Waals surface area contributed by atoms with Crippen LogP contribution in [0.4, 0.5) is 0 Å². The second-order valence-corrected chi connectivity index (χ2v) is 5.29. The first-order valence-corrected chi connectivity index (χ1v) is 6.07. The average Bonchev–Trinajstić information content (AvgIpc) is 2.50. The molecule has 0 aromatic heterocycles. The molecule has 2 nitrogen and oxygen atoms in total. The zero-order valence-corrected chi connectivity index (χ0v) is 10.1. The highest BCUT2D eigenvalue weighted by Crippen LogP contribution is 2.28. The van der Waals surface area contributed by atoms with Gasteiger partial charge < -0.3 is 10.6 Å². The summed E-state index contributed by atoms with van der Waals surface area (Å²) in [7, 11) is 0. The molecule has 0 bridgehead atoms. The second-order valence-electron chi connectivity index (χ2n) is 5.29. The highest BCUT2D eigenvalue weighted by molar-refractivity contribution is 4.91. The van der Waals surface area contributed by atoms with Crippen molar-refractivity contribution in [2.45, 2.75) is 52.0 Å². The molecule has 0 saturated heterocycles. The molecule has 1 fully saturated rings. The molecule has 2 N–H and O–H groups in total. The van der Waals surface area contributed by atoms with E-state index in [0.717, 1.165) is 19.0 Å². The van der Waals surface area contributed by atoms with Crippen molar-refractivity contribution in [3.05, 3.63) is 0 Å². The SMILES string of the molecule is CCN(CC(C)C)CC1(N)CCCC1. The Morgan fingerprint density at radius 1 is 1.29 bits per heavy atom. The zero-order chi connectivity index (χ0) is 10.6. The van der Waals surface area contributed by atoms with Gasteiger partial charge in [-0.05, 0) is 25.3 Å². The third-order valence-corrected chi connectivity index (χ3v) is 3.21. The molecule has 0 aliphatic heterocycles. The minimum absolute atomic E-state index is 0.130. The van der Waals surface area contributed by atoms with Crippen molar-refractivity contribution < 1.29 is 0 Å². The maximum absolute atomic E-state index is 6.37. The van der Waals surface area contributed by atoms with Gasteiger partial charge in [0.05, 0.1) is 0 Å². The topological polar surface area (TPSA) is 29.3 Å². The van der Waals surface area contributed by atoms with Crippen LogP contribution in [-0.2, 0) is 0 Å². The summed E-state index contributed by atoms with van der Waals surface area (Å²) < 4.78 is 0. The van der Waals surface area contributed by atoms with Crippen LogP contribution in [0.15, 0.2) is 0 Å². The first-order chi connectivity index (χ1) is 6.56. The minimum Gasteiger partial charge on any atom is -0.324 e. The lowest BCUT2D eigenvalue weighted by Gasteiger charge is -2.32. The fourth-order valence-electron chi connectivity index (χ4n) is 2.50. The maximum Gasteiger partial charge on any atom is 0.0283 e. The molecule has 84 valence electrons. The van der Waals surface area contributed by atoms with Crippen LogP contribution in [0, 0.1) is 5.92 Å². The normalized spacial score (nSPS) is 21.0. The first kappa shape index (κ1) is 12.0. The summed E-state index contributed by atoms with van der Waals surface area (Å²) >= 11 is 0. The molecule has 0 atom stereocenters.